The lowest BCUT2D eigenvalue weighted by molar-refractivity contribution is -0.0915. The van der Waals surface area contributed by atoms with Crippen LogP contribution < -0.4 is 9.47 Å². The number of hydrogen-bond acceptors (Lipinski definition) is 6. The molecule has 7 nitrogen and oxygen atoms in total. The Labute approximate surface area is 150 Å². The van der Waals surface area contributed by atoms with Crippen LogP contribution in [0.5, 0.6) is 11.5 Å². The largest absolute Gasteiger partial charge is 0.493 e. The van der Waals surface area contributed by atoms with Crippen LogP contribution in [0.3, 0.4) is 0 Å². The fraction of sp³-hybridized carbons (Fsp3) is 0.632. The summed E-state index contributed by atoms with van der Waals surface area (Å²) in [6.45, 7) is 0.591. The van der Waals surface area contributed by atoms with Crippen LogP contribution in [0, 0.1) is 5.92 Å². The molecule has 0 unspecified atom stereocenters. The molecule has 1 N–H and O–H groups in total. The maximum atomic E-state index is 12.4. The van der Waals surface area contributed by atoms with Crippen LogP contribution in [-0.4, -0.2) is 67.3 Å². The topological polar surface area (TPSA) is 80.8 Å². The number of hydrogen-bond donors (Lipinski definition) is 1. The summed E-state index contributed by atoms with van der Waals surface area (Å²) in [4.78, 5) is 14.2. The molecule has 0 aromatic heterocycles. The van der Waals surface area contributed by atoms with E-state index in [9.17, 15) is 9.90 Å². The van der Waals surface area contributed by atoms with Gasteiger partial charge in [0.25, 0.3) is 0 Å². The van der Waals surface area contributed by atoms with Crippen molar-refractivity contribution < 1.29 is 28.8 Å². The summed E-state index contributed by atoms with van der Waals surface area (Å²) < 4.78 is 22.8. The van der Waals surface area contributed by atoms with E-state index < -0.39 is 6.10 Å². The van der Waals surface area contributed by atoms with Crippen molar-refractivity contribution in [1.29, 1.82) is 0 Å². The molecule has 2 bridgehead atoms. The van der Waals surface area contributed by atoms with E-state index in [1.54, 1.807) is 12.0 Å². The fourth-order valence-electron chi connectivity index (χ4n) is 6.29. The number of likely N-dealkylation sites (tertiary alicyclic amines) is 1. The predicted octanol–water partition coefficient (Wildman–Crippen LogP) is 0.849. The number of piperidine rings is 1. The predicted molar refractivity (Wildman–Crippen MR) is 88.5 cm³/mol. The van der Waals surface area contributed by atoms with Crippen LogP contribution >= 0.6 is 0 Å². The zero-order valence-electron chi connectivity index (χ0n) is 14.7. The quantitative estimate of drug-likeness (QED) is 0.749. The highest BCUT2D eigenvalue weighted by atomic mass is 16.6. The van der Waals surface area contributed by atoms with E-state index in [1.165, 1.54) is 18.2 Å². The summed E-state index contributed by atoms with van der Waals surface area (Å²) in [7, 11) is 3.06. The molecule has 1 aromatic carbocycles. The van der Waals surface area contributed by atoms with Gasteiger partial charge in [0, 0.05) is 29.5 Å². The molecule has 7 heteroatoms. The van der Waals surface area contributed by atoms with Crippen LogP contribution in [0.15, 0.2) is 12.1 Å². The van der Waals surface area contributed by atoms with Gasteiger partial charge in [-0.1, -0.05) is 6.07 Å². The number of benzene rings is 1. The van der Waals surface area contributed by atoms with Crippen molar-refractivity contribution in [1.82, 2.24) is 4.90 Å². The third-order valence-corrected chi connectivity index (χ3v) is 7.22. The van der Waals surface area contributed by atoms with E-state index in [-0.39, 0.29) is 41.8 Å². The molecule has 138 valence electrons. The van der Waals surface area contributed by atoms with E-state index in [4.69, 9.17) is 18.9 Å². The van der Waals surface area contributed by atoms with Crippen molar-refractivity contribution in [2.45, 2.75) is 48.7 Å². The molecular weight excluding hydrogens is 338 g/mol. The highest BCUT2D eigenvalue weighted by Crippen LogP contribution is 2.66. The molecule has 7 atom stereocenters. The highest BCUT2D eigenvalue weighted by Gasteiger charge is 2.75. The van der Waals surface area contributed by atoms with E-state index in [1.807, 2.05) is 6.07 Å². The number of methoxy groups -OCH3 is 2. The summed E-state index contributed by atoms with van der Waals surface area (Å²) in [5.41, 5.74) is 2.01. The third-order valence-electron chi connectivity index (χ3n) is 7.22. The number of carbonyl (C=O) groups is 1. The number of epoxide rings is 1. The van der Waals surface area contributed by atoms with Crippen molar-refractivity contribution in [2.75, 3.05) is 20.8 Å². The molecule has 3 heterocycles. The van der Waals surface area contributed by atoms with Gasteiger partial charge < -0.3 is 29.0 Å². The molecule has 1 spiro atoms. The summed E-state index contributed by atoms with van der Waals surface area (Å²) in [6.07, 6.45) is 0.0396. The summed E-state index contributed by atoms with van der Waals surface area (Å²) >= 11 is 0. The Bertz CT molecular complexity index is 826. The Hall–Kier alpha value is -1.99. The summed E-state index contributed by atoms with van der Waals surface area (Å²) in [5, 5.41) is 11.1. The minimum atomic E-state index is -0.609. The summed E-state index contributed by atoms with van der Waals surface area (Å²) in [6, 6.07) is 3.89. The number of ether oxygens (including phenoxy) is 4. The van der Waals surface area contributed by atoms with Gasteiger partial charge in [0.05, 0.1) is 20.3 Å². The maximum Gasteiger partial charge on any atom is 0.409 e. The van der Waals surface area contributed by atoms with Gasteiger partial charge in [-0.05, 0) is 24.5 Å². The van der Waals surface area contributed by atoms with Gasteiger partial charge in [0.15, 0.2) is 11.5 Å². The first kappa shape index (κ1) is 15.1. The van der Waals surface area contributed by atoms with Gasteiger partial charge in [-0.3, -0.25) is 0 Å². The van der Waals surface area contributed by atoms with E-state index >= 15 is 0 Å². The number of aliphatic hydroxyl groups excluding tert-OH is 1. The van der Waals surface area contributed by atoms with Crippen LogP contribution in [0.2, 0.25) is 0 Å². The van der Waals surface area contributed by atoms with Gasteiger partial charge in [0.1, 0.15) is 18.3 Å². The van der Waals surface area contributed by atoms with Crippen molar-refractivity contribution >= 4 is 6.09 Å². The third kappa shape index (κ3) is 1.48. The van der Waals surface area contributed by atoms with Gasteiger partial charge in [-0.25, -0.2) is 4.79 Å². The van der Waals surface area contributed by atoms with Crippen molar-refractivity contribution in [3.8, 4) is 11.5 Å². The minimum Gasteiger partial charge on any atom is -0.493 e. The molecule has 6 rings (SSSR count). The number of rotatable bonds is 1. The monoisotopic (exact) mass is 359 g/mol. The Morgan fingerprint density at radius 1 is 1.35 bits per heavy atom. The molecule has 2 saturated heterocycles. The Morgan fingerprint density at radius 3 is 2.96 bits per heavy atom. The fourth-order valence-corrected chi connectivity index (χ4v) is 6.29. The second-order valence-electron chi connectivity index (χ2n) is 7.98. The van der Waals surface area contributed by atoms with Crippen molar-refractivity contribution in [3.05, 3.63) is 23.3 Å². The first-order valence-corrected chi connectivity index (χ1v) is 9.17. The molecule has 1 aromatic rings. The van der Waals surface area contributed by atoms with Crippen LogP contribution in [-0.2, 0) is 21.3 Å². The number of aliphatic hydroxyl groups is 1. The van der Waals surface area contributed by atoms with Gasteiger partial charge in [-0.2, -0.15) is 0 Å². The van der Waals surface area contributed by atoms with Gasteiger partial charge >= 0.3 is 6.09 Å². The van der Waals surface area contributed by atoms with Crippen molar-refractivity contribution in [2.24, 2.45) is 5.92 Å². The maximum absolute atomic E-state index is 12.4. The molecule has 0 radical (unpaired) electrons. The smallest absolute Gasteiger partial charge is 0.409 e. The van der Waals surface area contributed by atoms with Crippen LogP contribution in [0.4, 0.5) is 4.79 Å². The van der Waals surface area contributed by atoms with E-state index in [0.717, 1.165) is 17.9 Å². The standard InChI is InChI=1S/C19H21NO6/c1-23-10-4-3-8-7-9-12-13(21)15-16(25-15)17-19(12,11(8)14(10)26-17)5-6-20(9)18(22)24-2/h3-4,9,12-13,15-17,21H,5-7H2,1-2H3/t9-,12-,13+,15-,16-,17+,19-/m1/s1. The average Bonchev–Trinajstić information content (AvgIpc) is 3.38. The van der Waals surface area contributed by atoms with E-state index in [0.29, 0.717) is 13.0 Å². The Morgan fingerprint density at radius 2 is 2.19 bits per heavy atom. The van der Waals surface area contributed by atoms with Gasteiger partial charge in [-0.15, -0.1) is 0 Å². The lowest BCUT2D eigenvalue weighted by Gasteiger charge is -2.57. The number of amides is 1. The average molecular weight is 359 g/mol. The molecule has 5 aliphatic rings. The van der Waals surface area contributed by atoms with E-state index in [2.05, 4.69) is 6.07 Å². The number of carbonyl (C=O) groups excluding carboxylic acids is 1. The van der Waals surface area contributed by atoms with Crippen molar-refractivity contribution in [3.63, 3.8) is 0 Å². The first-order valence-electron chi connectivity index (χ1n) is 9.17. The number of fused-ring (bicyclic) bond motifs is 2. The SMILES string of the molecule is COC(=O)N1CC[C@]23c4c5ccc(OC)c4O[C@H]2[C@@H]2O[C@@H]2[C@@H](O)[C@H]3[C@H]1C5. The molecule has 1 amide bonds. The minimum absolute atomic E-state index is 0.0883. The second-order valence-corrected chi connectivity index (χ2v) is 7.98. The first-order chi connectivity index (χ1) is 12.6. The summed E-state index contributed by atoms with van der Waals surface area (Å²) in [5.74, 6) is 1.41. The normalized spacial score (nSPS) is 43.1. The molecule has 2 aliphatic carbocycles. The number of nitrogens with zero attached hydrogens (tertiary/aromatic N) is 1. The zero-order chi connectivity index (χ0) is 17.8. The Kier molecular flexibility index (Phi) is 2.70. The molecule has 1 saturated carbocycles. The second kappa shape index (κ2) is 4.64. The molecule has 3 aliphatic heterocycles. The van der Waals surface area contributed by atoms with Crippen LogP contribution in [0.1, 0.15) is 17.5 Å². The van der Waals surface area contributed by atoms with Crippen LogP contribution in [0.25, 0.3) is 0 Å². The molecular formula is C19H21NO6. The molecule has 26 heavy (non-hydrogen) atoms. The Balaban J connectivity index is 1.59. The lowest BCUT2D eigenvalue weighted by Crippen LogP contribution is -2.70. The van der Waals surface area contributed by atoms with Gasteiger partial charge in [0.2, 0.25) is 0 Å². The lowest BCUT2D eigenvalue weighted by atomic mass is 9.51. The highest BCUT2D eigenvalue weighted by molar-refractivity contribution is 5.70. The molecule has 3 fully saturated rings. The zero-order valence-corrected chi connectivity index (χ0v) is 14.7.